The molecule has 2 aliphatic heterocycles. The molecule has 26 heavy (non-hydrogen) atoms. The van der Waals surface area contributed by atoms with Gasteiger partial charge in [0.05, 0.1) is 6.20 Å². The lowest BCUT2D eigenvalue weighted by atomic mass is 10.1. The molecule has 144 valence electrons. The Bertz CT molecular complexity index is 634. The van der Waals surface area contributed by atoms with E-state index in [2.05, 4.69) is 28.6 Å². The third-order valence-electron chi connectivity index (χ3n) is 4.99. The van der Waals surface area contributed by atoms with E-state index in [1.807, 2.05) is 0 Å². The van der Waals surface area contributed by atoms with Crippen LogP contribution >= 0.6 is 11.3 Å². The van der Waals surface area contributed by atoms with Gasteiger partial charge in [-0.25, -0.2) is 14.6 Å². The standard InChI is InChI=1S/C17H26N4O4S/c1-12(2)19-7-9-21(10-8-19)17(24)25-13-3-5-20(6-4-13)16-18-11-14(26-16)15(22)23/h11-13H,3-10H2,1-2H3,(H,22,23). The molecule has 1 aromatic heterocycles. The first kappa shape index (κ1) is 18.9. The summed E-state index contributed by atoms with van der Waals surface area (Å²) in [5.41, 5.74) is 0. The van der Waals surface area contributed by atoms with Crippen molar-refractivity contribution in [2.24, 2.45) is 0 Å². The molecule has 2 fully saturated rings. The van der Waals surface area contributed by atoms with Crippen LogP contribution in [0.3, 0.4) is 0 Å². The van der Waals surface area contributed by atoms with Crippen LogP contribution in [0.25, 0.3) is 0 Å². The van der Waals surface area contributed by atoms with Crippen molar-refractivity contribution in [2.45, 2.75) is 38.8 Å². The molecule has 0 bridgehead atoms. The summed E-state index contributed by atoms with van der Waals surface area (Å²) in [4.78, 5) is 34.0. The molecule has 1 amide bonds. The number of piperidine rings is 1. The van der Waals surface area contributed by atoms with Crippen LogP contribution in [0.2, 0.25) is 0 Å². The molecule has 2 saturated heterocycles. The minimum absolute atomic E-state index is 0.0826. The van der Waals surface area contributed by atoms with E-state index in [4.69, 9.17) is 9.84 Å². The normalized spacial score (nSPS) is 19.8. The number of piperazine rings is 1. The average Bonchev–Trinajstić information content (AvgIpc) is 3.13. The molecule has 3 heterocycles. The van der Waals surface area contributed by atoms with Crippen molar-refractivity contribution >= 4 is 28.5 Å². The summed E-state index contributed by atoms with van der Waals surface area (Å²) >= 11 is 1.18. The molecule has 1 N–H and O–H groups in total. The van der Waals surface area contributed by atoms with Gasteiger partial charge in [0, 0.05) is 58.2 Å². The molecule has 0 unspecified atom stereocenters. The number of amides is 1. The summed E-state index contributed by atoms with van der Waals surface area (Å²) in [6, 6.07) is 0.505. The fourth-order valence-electron chi connectivity index (χ4n) is 3.31. The number of hydrogen-bond donors (Lipinski definition) is 1. The minimum atomic E-state index is -0.949. The van der Waals surface area contributed by atoms with Gasteiger partial charge in [-0.2, -0.15) is 0 Å². The smallest absolute Gasteiger partial charge is 0.410 e. The van der Waals surface area contributed by atoms with Gasteiger partial charge in [-0.05, 0) is 13.8 Å². The van der Waals surface area contributed by atoms with Crippen molar-refractivity contribution in [1.82, 2.24) is 14.8 Å². The van der Waals surface area contributed by atoms with Crippen molar-refractivity contribution < 1.29 is 19.4 Å². The lowest BCUT2D eigenvalue weighted by Gasteiger charge is -2.37. The van der Waals surface area contributed by atoms with Crippen LogP contribution in [0.1, 0.15) is 36.4 Å². The molecule has 0 spiro atoms. The van der Waals surface area contributed by atoms with Gasteiger partial charge in [-0.1, -0.05) is 11.3 Å². The van der Waals surface area contributed by atoms with Crippen molar-refractivity contribution in [3.8, 4) is 0 Å². The van der Waals surface area contributed by atoms with Gasteiger partial charge >= 0.3 is 12.1 Å². The topological polar surface area (TPSA) is 86.2 Å². The number of carboxylic acids is 1. The second kappa shape index (κ2) is 8.22. The molecule has 0 aliphatic carbocycles. The maximum Gasteiger partial charge on any atom is 0.410 e. The van der Waals surface area contributed by atoms with E-state index in [0.717, 1.165) is 31.1 Å². The summed E-state index contributed by atoms with van der Waals surface area (Å²) in [7, 11) is 0. The predicted molar refractivity (Wildman–Crippen MR) is 99.1 cm³/mol. The van der Waals surface area contributed by atoms with Gasteiger partial charge < -0.3 is 19.6 Å². The molecule has 3 rings (SSSR count). The number of anilines is 1. The minimum Gasteiger partial charge on any atom is -0.477 e. The number of carboxylic acid groups (broad SMARTS) is 1. The van der Waals surface area contributed by atoms with E-state index in [-0.39, 0.29) is 17.1 Å². The zero-order valence-corrected chi connectivity index (χ0v) is 16.1. The average molecular weight is 382 g/mol. The van der Waals surface area contributed by atoms with E-state index in [0.29, 0.717) is 32.2 Å². The molecule has 0 atom stereocenters. The highest BCUT2D eigenvalue weighted by atomic mass is 32.1. The lowest BCUT2D eigenvalue weighted by molar-refractivity contribution is 0.0337. The van der Waals surface area contributed by atoms with Crippen LogP contribution in [0, 0.1) is 0 Å². The summed E-state index contributed by atoms with van der Waals surface area (Å²) in [6.07, 6.45) is 2.57. The number of thiazole rings is 1. The van der Waals surface area contributed by atoms with E-state index in [9.17, 15) is 9.59 Å². The Morgan fingerprint density at radius 2 is 1.85 bits per heavy atom. The van der Waals surface area contributed by atoms with Crippen molar-refractivity contribution in [1.29, 1.82) is 0 Å². The molecule has 0 aromatic carbocycles. The van der Waals surface area contributed by atoms with Crippen LogP contribution in [-0.4, -0.2) is 83.4 Å². The lowest BCUT2D eigenvalue weighted by Crippen LogP contribution is -2.51. The third-order valence-corrected chi connectivity index (χ3v) is 6.03. The molecule has 0 radical (unpaired) electrons. The first-order valence-electron chi connectivity index (χ1n) is 9.07. The van der Waals surface area contributed by atoms with E-state index in [1.54, 1.807) is 4.90 Å². The molecule has 2 aliphatic rings. The number of carbonyl (C=O) groups excluding carboxylic acids is 1. The number of hydrogen-bond acceptors (Lipinski definition) is 7. The van der Waals surface area contributed by atoms with E-state index >= 15 is 0 Å². The van der Waals surface area contributed by atoms with Crippen LogP contribution < -0.4 is 4.90 Å². The number of nitrogens with zero attached hydrogens (tertiary/aromatic N) is 4. The monoisotopic (exact) mass is 382 g/mol. The van der Waals surface area contributed by atoms with Gasteiger partial charge in [0.25, 0.3) is 0 Å². The van der Waals surface area contributed by atoms with Gasteiger partial charge in [0.1, 0.15) is 11.0 Å². The highest BCUT2D eigenvalue weighted by molar-refractivity contribution is 7.17. The summed E-state index contributed by atoms with van der Waals surface area (Å²) < 4.78 is 5.68. The second-order valence-electron chi connectivity index (χ2n) is 7.00. The SMILES string of the molecule is CC(C)N1CCN(C(=O)OC2CCN(c3ncc(C(=O)O)s3)CC2)CC1. The van der Waals surface area contributed by atoms with Gasteiger partial charge in [-0.15, -0.1) is 0 Å². The third kappa shape index (κ3) is 4.45. The molecule has 1 aromatic rings. The van der Waals surface area contributed by atoms with Crippen molar-refractivity contribution in [3.63, 3.8) is 0 Å². The Balaban J connectivity index is 1.43. The highest BCUT2D eigenvalue weighted by Gasteiger charge is 2.28. The summed E-state index contributed by atoms with van der Waals surface area (Å²) in [5.74, 6) is -0.949. The van der Waals surface area contributed by atoms with Crippen LogP contribution in [-0.2, 0) is 4.74 Å². The second-order valence-corrected chi connectivity index (χ2v) is 8.01. The van der Waals surface area contributed by atoms with E-state index < -0.39 is 5.97 Å². The fourth-order valence-corrected chi connectivity index (χ4v) is 4.12. The molecule has 8 nitrogen and oxygen atoms in total. The van der Waals surface area contributed by atoms with Crippen LogP contribution in [0.15, 0.2) is 6.20 Å². The van der Waals surface area contributed by atoms with Crippen molar-refractivity contribution in [3.05, 3.63) is 11.1 Å². The van der Waals surface area contributed by atoms with Gasteiger partial charge in [0.2, 0.25) is 0 Å². The molecular weight excluding hydrogens is 356 g/mol. The highest BCUT2D eigenvalue weighted by Crippen LogP contribution is 2.26. The molecular formula is C17H26N4O4S. The number of rotatable bonds is 4. The Labute approximate surface area is 157 Å². The predicted octanol–water partition coefficient (Wildman–Crippen LogP) is 1.97. The first-order chi connectivity index (χ1) is 12.4. The Morgan fingerprint density at radius 1 is 1.19 bits per heavy atom. The maximum absolute atomic E-state index is 12.4. The van der Waals surface area contributed by atoms with E-state index in [1.165, 1.54) is 17.5 Å². The number of ether oxygens (including phenoxy) is 1. The number of carbonyl (C=O) groups is 2. The Kier molecular flexibility index (Phi) is 5.98. The zero-order chi connectivity index (χ0) is 18.7. The largest absolute Gasteiger partial charge is 0.477 e. The van der Waals surface area contributed by atoms with Crippen LogP contribution in [0.4, 0.5) is 9.93 Å². The summed E-state index contributed by atoms with van der Waals surface area (Å²) in [6.45, 7) is 8.98. The number of aromatic carboxylic acids is 1. The fraction of sp³-hybridized carbons (Fsp3) is 0.706. The maximum atomic E-state index is 12.4. The molecule has 0 saturated carbocycles. The van der Waals surface area contributed by atoms with Crippen LogP contribution in [0.5, 0.6) is 0 Å². The Hall–Kier alpha value is -1.87. The van der Waals surface area contributed by atoms with Gasteiger partial charge in [0.15, 0.2) is 5.13 Å². The quantitative estimate of drug-likeness (QED) is 0.852. The summed E-state index contributed by atoms with van der Waals surface area (Å²) in [5, 5.41) is 9.71. The number of aromatic nitrogens is 1. The van der Waals surface area contributed by atoms with Crippen molar-refractivity contribution in [2.75, 3.05) is 44.2 Å². The first-order valence-corrected chi connectivity index (χ1v) is 9.89. The Morgan fingerprint density at radius 3 is 2.38 bits per heavy atom. The van der Waals surface area contributed by atoms with Gasteiger partial charge in [-0.3, -0.25) is 4.90 Å². The zero-order valence-electron chi connectivity index (χ0n) is 15.3. The molecule has 9 heteroatoms.